The molecule has 0 amide bonds. The van der Waals surface area contributed by atoms with Crippen LogP contribution in [0.4, 0.5) is 4.39 Å². The molecule has 4 heteroatoms. The van der Waals surface area contributed by atoms with Gasteiger partial charge in [-0.2, -0.15) is 0 Å². The molecule has 16 heavy (non-hydrogen) atoms. The molecule has 1 heterocycles. The molecule has 0 radical (unpaired) electrons. The summed E-state index contributed by atoms with van der Waals surface area (Å²) in [6, 6.07) is 4.91. The Hall–Kier alpha value is -0.310. The largest absolute Gasteiger partial charge is 0.299 e. The molecule has 0 bridgehead atoms. The van der Waals surface area contributed by atoms with Crippen molar-refractivity contribution in [3.8, 4) is 0 Å². The van der Waals surface area contributed by atoms with Crippen molar-refractivity contribution in [3.63, 3.8) is 0 Å². The first-order valence-electron chi connectivity index (χ1n) is 5.45. The maximum atomic E-state index is 13.0. The topological polar surface area (TPSA) is 3.24 Å². The number of hydrogen-bond donors (Lipinski definition) is 0. The fourth-order valence-electron chi connectivity index (χ4n) is 1.96. The molecule has 1 saturated heterocycles. The van der Waals surface area contributed by atoms with E-state index in [4.69, 9.17) is 23.2 Å². The van der Waals surface area contributed by atoms with Crippen molar-refractivity contribution in [3.05, 3.63) is 34.6 Å². The SMILES string of the molecule is Fc1ccc(CN2CCC(Cl)CC2)cc1Cl. The summed E-state index contributed by atoms with van der Waals surface area (Å²) in [6.07, 6.45) is 2.05. The van der Waals surface area contributed by atoms with Crippen molar-refractivity contribution in [1.29, 1.82) is 0 Å². The summed E-state index contributed by atoms with van der Waals surface area (Å²) in [7, 11) is 0. The van der Waals surface area contributed by atoms with Crippen molar-refractivity contribution in [2.75, 3.05) is 13.1 Å². The zero-order valence-electron chi connectivity index (χ0n) is 8.93. The molecule has 2 rings (SSSR count). The highest BCUT2D eigenvalue weighted by molar-refractivity contribution is 6.30. The Labute approximate surface area is 105 Å². The Balaban J connectivity index is 1.96. The van der Waals surface area contributed by atoms with E-state index in [0.29, 0.717) is 5.38 Å². The lowest BCUT2D eigenvalue weighted by atomic mass is 10.1. The zero-order chi connectivity index (χ0) is 11.5. The summed E-state index contributed by atoms with van der Waals surface area (Å²) in [5, 5.41) is 0.512. The van der Waals surface area contributed by atoms with Gasteiger partial charge in [0.2, 0.25) is 0 Å². The number of rotatable bonds is 2. The van der Waals surface area contributed by atoms with Crippen LogP contribution in [0, 0.1) is 5.82 Å². The molecule has 1 aliphatic heterocycles. The minimum Gasteiger partial charge on any atom is -0.299 e. The van der Waals surface area contributed by atoms with Crippen LogP contribution in [0.5, 0.6) is 0 Å². The molecule has 88 valence electrons. The predicted molar refractivity (Wildman–Crippen MR) is 65.6 cm³/mol. The summed E-state index contributed by atoms with van der Waals surface area (Å²) in [5.74, 6) is -0.357. The minimum atomic E-state index is -0.357. The van der Waals surface area contributed by atoms with E-state index >= 15 is 0 Å². The van der Waals surface area contributed by atoms with E-state index < -0.39 is 0 Å². The molecule has 1 aromatic rings. The third-order valence-electron chi connectivity index (χ3n) is 2.91. The molecule has 0 saturated carbocycles. The highest BCUT2D eigenvalue weighted by Gasteiger charge is 2.17. The van der Waals surface area contributed by atoms with Crippen LogP contribution in [0.3, 0.4) is 0 Å². The number of halogens is 3. The lowest BCUT2D eigenvalue weighted by molar-refractivity contribution is 0.223. The summed E-state index contributed by atoms with van der Waals surface area (Å²) < 4.78 is 13.0. The lowest BCUT2D eigenvalue weighted by Gasteiger charge is -2.29. The Morgan fingerprint density at radius 1 is 1.31 bits per heavy atom. The van der Waals surface area contributed by atoms with Gasteiger partial charge in [-0.1, -0.05) is 17.7 Å². The maximum absolute atomic E-state index is 13.0. The number of benzene rings is 1. The van der Waals surface area contributed by atoms with Crippen LogP contribution in [0.15, 0.2) is 18.2 Å². The van der Waals surface area contributed by atoms with Crippen LogP contribution in [0.1, 0.15) is 18.4 Å². The van der Waals surface area contributed by atoms with E-state index in [9.17, 15) is 4.39 Å². The number of piperidine rings is 1. The van der Waals surface area contributed by atoms with Gasteiger partial charge < -0.3 is 0 Å². The molecule has 0 aromatic heterocycles. The highest BCUT2D eigenvalue weighted by atomic mass is 35.5. The first-order valence-corrected chi connectivity index (χ1v) is 6.27. The van der Waals surface area contributed by atoms with E-state index in [0.717, 1.165) is 38.0 Å². The second-order valence-electron chi connectivity index (χ2n) is 4.20. The Morgan fingerprint density at radius 3 is 2.62 bits per heavy atom. The van der Waals surface area contributed by atoms with Gasteiger partial charge in [-0.05, 0) is 43.6 Å². The standard InChI is InChI=1S/C12H14Cl2FN/c13-10-3-5-16(6-4-10)8-9-1-2-12(15)11(14)7-9/h1-2,7,10H,3-6,8H2. The van der Waals surface area contributed by atoms with E-state index in [1.54, 1.807) is 12.1 Å². The lowest BCUT2D eigenvalue weighted by Crippen LogP contribution is -2.33. The summed E-state index contributed by atoms with van der Waals surface area (Å²) in [4.78, 5) is 2.32. The van der Waals surface area contributed by atoms with Gasteiger partial charge in [-0.25, -0.2) is 4.39 Å². The third-order valence-corrected chi connectivity index (χ3v) is 3.63. The van der Waals surface area contributed by atoms with Crippen molar-refractivity contribution >= 4 is 23.2 Å². The van der Waals surface area contributed by atoms with E-state index in [1.165, 1.54) is 6.07 Å². The van der Waals surface area contributed by atoms with Gasteiger partial charge in [-0.3, -0.25) is 4.90 Å². The molecule has 1 aliphatic rings. The minimum absolute atomic E-state index is 0.199. The van der Waals surface area contributed by atoms with Gasteiger partial charge in [0.25, 0.3) is 0 Å². The van der Waals surface area contributed by atoms with Gasteiger partial charge in [-0.15, -0.1) is 11.6 Å². The molecule has 1 aromatic carbocycles. The zero-order valence-corrected chi connectivity index (χ0v) is 10.4. The van der Waals surface area contributed by atoms with Crippen molar-refractivity contribution < 1.29 is 4.39 Å². The molecular weight excluding hydrogens is 248 g/mol. The Morgan fingerprint density at radius 2 is 2.00 bits per heavy atom. The fourth-order valence-corrected chi connectivity index (χ4v) is 2.35. The molecule has 1 nitrogen and oxygen atoms in total. The van der Waals surface area contributed by atoms with E-state index in [1.807, 2.05) is 0 Å². The molecule has 0 aliphatic carbocycles. The molecule has 0 spiro atoms. The van der Waals surface area contributed by atoms with Crippen LogP contribution < -0.4 is 0 Å². The van der Waals surface area contributed by atoms with Crippen LogP contribution in [-0.4, -0.2) is 23.4 Å². The summed E-state index contributed by atoms with van der Waals surface area (Å²) in [5.41, 5.74) is 1.06. The quantitative estimate of drug-likeness (QED) is 0.735. The van der Waals surface area contributed by atoms with Gasteiger partial charge in [0.1, 0.15) is 5.82 Å². The van der Waals surface area contributed by atoms with Crippen LogP contribution in [0.2, 0.25) is 5.02 Å². The average molecular weight is 262 g/mol. The Bertz CT molecular complexity index is 362. The fraction of sp³-hybridized carbons (Fsp3) is 0.500. The van der Waals surface area contributed by atoms with E-state index in [-0.39, 0.29) is 10.8 Å². The Kier molecular flexibility index (Phi) is 4.06. The smallest absolute Gasteiger partial charge is 0.141 e. The maximum Gasteiger partial charge on any atom is 0.141 e. The van der Waals surface area contributed by atoms with Crippen molar-refractivity contribution in [1.82, 2.24) is 4.90 Å². The van der Waals surface area contributed by atoms with Gasteiger partial charge in [0.05, 0.1) is 5.02 Å². The first-order chi connectivity index (χ1) is 7.65. The number of likely N-dealkylation sites (tertiary alicyclic amines) is 1. The highest BCUT2D eigenvalue weighted by Crippen LogP contribution is 2.20. The molecule has 0 atom stereocenters. The predicted octanol–water partition coefficient (Wildman–Crippen LogP) is 3.68. The second kappa shape index (κ2) is 5.35. The molecular formula is C12H14Cl2FN. The normalized spacial score (nSPS) is 18.9. The van der Waals surface area contributed by atoms with E-state index in [2.05, 4.69) is 4.90 Å². The third kappa shape index (κ3) is 3.09. The van der Waals surface area contributed by atoms with Crippen LogP contribution >= 0.6 is 23.2 Å². The summed E-state index contributed by atoms with van der Waals surface area (Å²) in [6.45, 7) is 2.83. The van der Waals surface area contributed by atoms with Gasteiger partial charge >= 0.3 is 0 Å². The number of hydrogen-bond acceptors (Lipinski definition) is 1. The van der Waals surface area contributed by atoms with Crippen LogP contribution in [-0.2, 0) is 6.54 Å². The van der Waals surface area contributed by atoms with Crippen molar-refractivity contribution in [2.24, 2.45) is 0 Å². The number of nitrogens with zero attached hydrogens (tertiary/aromatic N) is 1. The summed E-state index contributed by atoms with van der Waals surface area (Å²) >= 11 is 11.8. The van der Waals surface area contributed by atoms with Gasteiger partial charge in [0.15, 0.2) is 0 Å². The first kappa shape index (κ1) is 12.2. The number of alkyl halides is 1. The average Bonchev–Trinajstić information content (AvgIpc) is 2.27. The monoisotopic (exact) mass is 261 g/mol. The molecule has 1 fully saturated rings. The van der Waals surface area contributed by atoms with Crippen molar-refractivity contribution in [2.45, 2.75) is 24.8 Å². The molecule has 0 unspecified atom stereocenters. The molecule has 0 N–H and O–H groups in total. The van der Waals surface area contributed by atoms with Gasteiger partial charge in [0, 0.05) is 11.9 Å². The second-order valence-corrected chi connectivity index (χ2v) is 5.22. The van der Waals surface area contributed by atoms with Crippen LogP contribution in [0.25, 0.3) is 0 Å².